The summed E-state index contributed by atoms with van der Waals surface area (Å²) in [5.41, 5.74) is 0.684. The second-order valence-electron chi connectivity index (χ2n) is 9.45. The van der Waals surface area contributed by atoms with Crippen molar-refractivity contribution in [2.75, 3.05) is 46.1 Å². The molecule has 41 heavy (non-hydrogen) atoms. The van der Waals surface area contributed by atoms with E-state index in [1.54, 1.807) is 0 Å². The predicted molar refractivity (Wildman–Crippen MR) is 145 cm³/mol. The number of amides is 1. The van der Waals surface area contributed by atoms with Crippen molar-refractivity contribution < 1.29 is 51.2 Å². The van der Waals surface area contributed by atoms with Crippen LogP contribution in [0.2, 0.25) is 0 Å². The lowest BCUT2D eigenvalue weighted by Gasteiger charge is -2.29. The average molecular weight is 601 g/mol. The molecule has 1 aliphatic heterocycles. The Balaban J connectivity index is 0.00000177. The number of carboxylic acid groups (broad SMARTS) is 1. The number of aliphatic carboxylic acids is 1. The van der Waals surface area contributed by atoms with Gasteiger partial charge in [-0.25, -0.2) is 13.6 Å². The maximum atomic E-state index is 13.7. The molecule has 3 atom stereocenters. The smallest absolute Gasteiger partial charge is 0.490 e. The number of ether oxygens (including phenoxy) is 2. The molecule has 1 saturated heterocycles. The summed E-state index contributed by atoms with van der Waals surface area (Å²) in [5, 5.41) is 21.1. The SMILES string of the molecule is C.CCCCOc1ccc([C@@H](O)[C@@H](CN2CC[C@@H](F)C2)NC(=O)CCCCCOCCF)cc1.O=C(O)C(F)(F)F. The number of carboxylic acids is 1. The molecule has 1 amide bonds. The zero-order chi connectivity index (χ0) is 30.0. The minimum absolute atomic E-state index is 0. The van der Waals surface area contributed by atoms with Gasteiger partial charge in [-0.15, -0.1) is 0 Å². The van der Waals surface area contributed by atoms with Gasteiger partial charge < -0.3 is 25.0 Å². The van der Waals surface area contributed by atoms with Gasteiger partial charge in [0.05, 0.1) is 19.3 Å². The monoisotopic (exact) mass is 600 g/mol. The zero-order valence-electron chi connectivity index (χ0n) is 22.8. The van der Waals surface area contributed by atoms with E-state index in [9.17, 15) is 31.9 Å². The van der Waals surface area contributed by atoms with Gasteiger partial charge in [0.15, 0.2) is 0 Å². The summed E-state index contributed by atoms with van der Waals surface area (Å²) in [6.45, 7) is 4.20. The van der Waals surface area contributed by atoms with E-state index < -0.39 is 37.1 Å². The van der Waals surface area contributed by atoms with Crippen LogP contribution < -0.4 is 10.1 Å². The number of nitrogens with one attached hydrogen (secondary N) is 1. The van der Waals surface area contributed by atoms with Gasteiger partial charge in [-0.3, -0.25) is 9.69 Å². The molecule has 1 aliphatic rings. The number of hydrogen-bond acceptors (Lipinski definition) is 6. The first-order valence-corrected chi connectivity index (χ1v) is 13.5. The molecule has 238 valence electrons. The van der Waals surface area contributed by atoms with Crippen LogP contribution in [0.3, 0.4) is 0 Å². The summed E-state index contributed by atoms with van der Waals surface area (Å²) in [6, 6.07) is 6.73. The van der Waals surface area contributed by atoms with Crippen LogP contribution in [0.5, 0.6) is 5.75 Å². The molecule has 1 aromatic rings. The zero-order valence-corrected chi connectivity index (χ0v) is 22.8. The molecule has 0 aliphatic carbocycles. The van der Waals surface area contributed by atoms with Gasteiger partial charge in [-0.05, 0) is 43.4 Å². The maximum Gasteiger partial charge on any atom is 0.490 e. The van der Waals surface area contributed by atoms with E-state index in [-0.39, 0.29) is 19.9 Å². The fourth-order valence-corrected chi connectivity index (χ4v) is 3.88. The Morgan fingerprint density at radius 1 is 1.10 bits per heavy atom. The fourth-order valence-electron chi connectivity index (χ4n) is 3.88. The van der Waals surface area contributed by atoms with Crippen molar-refractivity contribution >= 4 is 11.9 Å². The van der Waals surface area contributed by atoms with Gasteiger partial charge in [0, 0.05) is 32.7 Å². The van der Waals surface area contributed by atoms with Crippen LogP contribution >= 0.6 is 0 Å². The normalized spacial score (nSPS) is 16.6. The van der Waals surface area contributed by atoms with Gasteiger partial charge in [-0.1, -0.05) is 39.3 Å². The Labute approximate surface area is 239 Å². The largest absolute Gasteiger partial charge is 0.494 e. The molecule has 13 heteroatoms. The van der Waals surface area contributed by atoms with E-state index in [2.05, 4.69) is 12.2 Å². The topological polar surface area (TPSA) is 108 Å². The van der Waals surface area contributed by atoms with Gasteiger partial charge in [-0.2, -0.15) is 13.2 Å². The number of halogens is 5. The van der Waals surface area contributed by atoms with Gasteiger partial charge >= 0.3 is 12.1 Å². The van der Waals surface area contributed by atoms with E-state index in [4.69, 9.17) is 19.4 Å². The van der Waals surface area contributed by atoms with Crippen LogP contribution in [0.1, 0.15) is 71.0 Å². The molecular weight excluding hydrogens is 555 g/mol. The van der Waals surface area contributed by atoms with Crippen molar-refractivity contribution in [2.45, 2.75) is 83.8 Å². The van der Waals surface area contributed by atoms with Crippen LogP contribution in [-0.4, -0.2) is 91.5 Å². The Morgan fingerprint density at radius 3 is 2.29 bits per heavy atom. The molecule has 1 heterocycles. The van der Waals surface area contributed by atoms with E-state index in [1.165, 1.54) is 0 Å². The molecule has 1 aromatic carbocycles. The molecule has 8 nitrogen and oxygen atoms in total. The number of alkyl halides is 5. The third-order valence-electron chi connectivity index (χ3n) is 6.04. The molecule has 0 unspecified atom stereocenters. The second kappa shape index (κ2) is 21.2. The van der Waals surface area contributed by atoms with Crippen LogP contribution in [-0.2, 0) is 14.3 Å². The van der Waals surface area contributed by atoms with Crippen molar-refractivity contribution in [1.82, 2.24) is 10.2 Å². The summed E-state index contributed by atoms with van der Waals surface area (Å²) in [5.74, 6) is -2.15. The number of unbranched alkanes of at least 4 members (excludes halogenated alkanes) is 3. The Morgan fingerprint density at radius 2 is 1.76 bits per heavy atom. The Bertz CT molecular complexity index is 844. The van der Waals surface area contributed by atoms with Gasteiger partial charge in [0.25, 0.3) is 0 Å². The number of carbonyl (C=O) groups is 2. The van der Waals surface area contributed by atoms with Gasteiger partial charge in [0.2, 0.25) is 5.91 Å². The molecule has 2 rings (SSSR count). The lowest BCUT2D eigenvalue weighted by atomic mass is 10.0. The maximum absolute atomic E-state index is 13.7. The highest BCUT2D eigenvalue weighted by Crippen LogP contribution is 2.23. The van der Waals surface area contributed by atoms with Crippen molar-refractivity contribution in [3.8, 4) is 5.75 Å². The summed E-state index contributed by atoms with van der Waals surface area (Å²) in [6.07, 6.45) is -1.74. The van der Waals surface area contributed by atoms with Crippen LogP contribution in [0.25, 0.3) is 0 Å². The molecule has 0 saturated carbocycles. The number of likely N-dealkylation sites (tertiary alicyclic amines) is 1. The van der Waals surface area contributed by atoms with E-state index in [0.29, 0.717) is 57.7 Å². The van der Waals surface area contributed by atoms with Crippen LogP contribution in [0.4, 0.5) is 22.0 Å². The summed E-state index contributed by atoms with van der Waals surface area (Å²) in [4.78, 5) is 23.4. The van der Waals surface area contributed by atoms with Crippen molar-refractivity contribution in [2.24, 2.45) is 0 Å². The Hall–Kier alpha value is -2.51. The third-order valence-corrected chi connectivity index (χ3v) is 6.04. The molecule has 0 bridgehead atoms. The average Bonchev–Trinajstić information content (AvgIpc) is 3.32. The predicted octanol–water partition coefficient (Wildman–Crippen LogP) is 5.24. The number of rotatable bonds is 17. The van der Waals surface area contributed by atoms with Crippen molar-refractivity contribution in [3.63, 3.8) is 0 Å². The van der Waals surface area contributed by atoms with E-state index >= 15 is 0 Å². The summed E-state index contributed by atoms with van der Waals surface area (Å²) in [7, 11) is 0. The van der Waals surface area contributed by atoms with Crippen LogP contribution in [0.15, 0.2) is 24.3 Å². The van der Waals surface area contributed by atoms with E-state index in [0.717, 1.165) is 31.4 Å². The number of aliphatic hydroxyl groups is 1. The first kappa shape index (κ1) is 38.5. The lowest BCUT2D eigenvalue weighted by Crippen LogP contribution is -2.46. The number of nitrogens with zero attached hydrogens (tertiary/aromatic N) is 1. The molecular formula is C28H45F5N2O6. The number of aliphatic hydroxyl groups excluding tert-OH is 1. The first-order valence-electron chi connectivity index (χ1n) is 13.5. The highest BCUT2D eigenvalue weighted by Gasteiger charge is 2.38. The highest BCUT2D eigenvalue weighted by molar-refractivity contribution is 5.76. The lowest BCUT2D eigenvalue weighted by molar-refractivity contribution is -0.192. The molecule has 0 spiro atoms. The number of hydrogen-bond donors (Lipinski definition) is 3. The van der Waals surface area contributed by atoms with E-state index in [1.807, 2.05) is 29.2 Å². The third kappa shape index (κ3) is 17.1. The second-order valence-corrected chi connectivity index (χ2v) is 9.45. The number of benzene rings is 1. The minimum Gasteiger partial charge on any atom is -0.494 e. The highest BCUT2D eigenvalue weighted by atomic mass is 19.4. The Kier molecular flexibility index (Phi) is 19.9. The summed E-state index contributed by atoms with van der Waals surface area (Å²) >= 11 is 0. The molecule has 3 N–H and O–H groups in total. The minimum atomic E-state index is -5.08. The van der Waals surface area contributed by atoms with Crippen LogP contribution in [0, 0.1) is 0 Å². The van der Waals surface area contributed by atoms with Gasteiger partial charge in [0.1, 0.15) is 24.7 Å². The number of carbonyl (C=O) groups excluding carboxylic acids is 1. The molecule has 0 aromatic heterocycles. The fraction of sp³-hybridized carbons (Fsp3) is 0.714. The van der Waals surface area contributed by atoms with Crippen molar-refractivity contribution in [1.29, 1.82) is 0 Å². The summed E-state index contributed by atoms with van der Waals surface area (Å²) < 4.78 is 68.2. The standard InChI is InChI=1S/C25H40F2N2O4.C2HF3O2.CH4/c1-2-3-16-33-22-10-8-20(9-11-22)25(31)23(19-29-14-12-21(27)18-29)28-24(30)7-5-4-6-15-32-17-13-26;3-2(4,5)1(6)7;/h8-11,21,23,25,31H,2-7,12-19H2,1H3,(H,28,30);(H,6,7);1H4/t21-,23-,25-;;/m1../s1. The molecule has 1 fully saturated rings. The first-order chi connectivity index (χ1) is 19.0. The quantitative estimate of drug-likeness (QED) is 0.166. The molecule has 0 radical (unpaired) electrons. The van der Waals surface area contributed by atoms with Crippen molar-refractivity contribution in [3.05, 3.63) is 29.8 Å².